The predicted molar refractivity (Wildman–Crippen MR) is 166 cm³/mol. The Hall–Kier alpha value is -4.46. The van der Waals surface area contributed by atoms with E-state index in [1.54, 1.807) is 25.1 Å². The number of benzene rings is 2. The second-order valence-electron chi connectivity index (χ2n) is 13.2. The quantitative estimate of drug-likeness (QED) is 0.382. The van der Waals surface area contributed by atoms with Crippen LogP contribution in [0.2, 0.25) is 0 Å². The molecule has 0 spiro atoms. The summed E-state index contributed by atoms with van der Waals surface area (Å²) in [6, 6.07) is 9.77. The van der Waals surface area contributed by atoms with Crippen LogP contribution >= 0.6 is 0 Å². The summed E-state index contributed by atoms with van der Waals surface area (Å²) < 4.78 is 4.81. The molecule has 3 fully saturated rings. The Morgan fingerprint density at radius 3 is 2.26 bits per heavy atom. The van der Waals surface area contributed by atoms with E-state index >= 15 is 0 Å². The van der Waals surface area contributed by atoms with Gasteiger partial charge in [-0.05, 0) is 61.2 Å². The highest BCUT2D eigenvalue weighted by atomic mass is 16.5. The van der Waals surface area contributed by atoms with Gasteiger partial charge in [0.25, 0.3) is 0 Å². The van der Waals surface area contributed by atoms with Gasteiger partial charge < -0.3 is 25.6 Å². The molecule has 248 valence electrons. The van der Waals surface area contributed by atoms with E-state index in [9.17, 15) is 39.0 Å². The van der Waals surface area contributed by atoms with Crippen molar-refractivity contribution in [3.8, 4) is 16.9 Å². The molecule has 1 aliphatic heterocycles. The third kappa shape index (κ3) is 5.13. The molecule has 2 aromatic carbocycles. The van der Waals surface area contributed by atoms with E-state index in [-0.39, 0.29) is 30.2 Å². The molecular formula is C34H38N4O9. The topological polar surface area (TPSA) is 188 Å². The number of phenolic OH excluding ortho intramolecular Hbond substituents is 1. The number of nitrogens with zero attached hydrogens (tertiary/aromatic N) is 3. The normalized spacial score (nSPS) is 29.3. The number of aliphatic hydroxyl groups is 1. The Balaban J connectivity index is 1.30. The van der Waals surface area contributed by atoms with E-state index < -0.39 is 64.4 Å². The van der Waals surface area contributed by atoms with Gasteiger partial charge in [0.15, 0.2) is 34.7 Å². The summed E-state index contributed by atoms with van der Waals surface area (Å²) >= 11 is 0. The van der Waals surface area contributed by atoms with Crippen LogP contribution < -0.4 is 5.73 Å². The fourth-order valence-corrected chi connectivity index (χ4v) is 8.14. The van der Waals surface area contributed by atoms with Crippen LogP contribution in [-0.2, 0) is 36.9 Å². The zero-order chi connectivity index (χ0) is 33.9. The van der Waals surface area contributed by atoms with Crippen LogP contribution in [0.15, 0.2) is 36.4 Å². The van der Waals surface area contributed by atoms with Crippen molar-refractivity contribution in [3.63, 3.8) is 0 Å². The molecule has 6 unspecified atom stereocenters. The molecule has 0 radical (unpaired) electrons. The number of carbonyl (C=O) groups excluding carboxylic acids is 6. The molecule has 13 nitrogen and oxygen atoms in total. The molecule has 2 saturated carbocycles. The maximum absolute atomic E-state index is 14.0. The lowest BCUT2D eigenvalue weighted by atomic mass is 9.52. The standard InChI is InChI=1S/C34H38N4O9/c1-36(2)27-22-15-19-14-21-20(18-6-4-17(5-7-18)16-37-10-12-38(13-11-37)33(45)47-3)8-9-23(39)25(21)28(40)24(19)30(42)34(22,46)31(43)26(29(27)41)32(35)44/h4-9,19,22,24,26-27,39,46H,10-16H2,1-3H3,(H2,35,44). The number of ether oxygens (including phenoxy) is 1. The first-order valence-electron chi connectivity index (χ1n) is 15.6. The molecular weight excluding hydrogens is 608 g/mol. The van der Waals surface area contributed by atoms with E-state index in [4.69, 9.17) is 10.5 Å². The number of methoxy groups -OCH3 is 1. The number of nitrogens with two attached hydrogens (primary N) is 1. The average molecular weight is 647 g/mol. The number of piperazine rings is 1. The summed E-state index contributed by atoms with van der Waals surface area (Å²) in [5.41, 5.74) is 5.68. The van der Waals surface area contributed by atoms with Gasteiger partial charge in [0.1, 0.15) is 5.75 Å². The molecule has 1 saturated heterocycles. The molecule has 3 aliphatic carbocycles. The number of likely N-dealkylation sites (N-methyl/N-ethyl adjacent to an activating group) is 1. The molecule has 6 rings (SSSR count). The van der Waals surface area contributed by atoms with E-state index in [0.717, 1.165) is 11.1 Å². The number of aromatic hydroxyl groups is 1. The smallest absolute Gasteiger partial charge is 0.409 e. The van der Waals surface area contributed by atoms with Gasteiger partial charge in [-0.25, -0.2) is 4.79 Å². The van der Waals surface area contributed by atoms with Crippen molar-refractivity contribution < 1.29 is 43.7 Å². The van der Waals surface area contributed by atoms with Crippen LogP contribution in [-0.4, -0.2) is 119 Å². The number of ketones is 4. The van der Waals surface area contributed by atoms with Crippen LogP contribution in [0.25, 0.3) is 11.1 Å². The zero-order valence-electron chi connectivity index (χ0n) is 26.5. The maximum atomic E-state index is 14.0. The molecule has 0 aromatic heterocycles. The van der Waals surface area contributed by atoms with Crippen molar-refractivity contribution in [1.29, 1.82) is 0 Å². The monoisotopic (exact) mass is 646 g/mol. The molecule has 2 aromatic rings. The number of primary amides is 1. The van der Waals surface area contributed by atoms with Crippen LogP contribution in [0.5, 0.6) is 5.75 Å². The Morgan fingerprint density at radius 1 is 1.00 bits per heavy atom. The Bertz CT molecular complexity index is 1680. The highest BCUT2D eigenvalue weighted by molar-refractivity contribution is 6.32. The molecule has 0 bridgehead atoms. The highest BCUT2D eigenvalue weighted by Crippen LogP contribution is 2.51. The maximum Gasteiger partial charge on any atom is 0.409 e. The molecule has 6 atom stereocenters. The molecule has 4 aliphatic rings. The number of hydrogen-bond acceptors (Lipinski definition) is 11. The molecule has 13 heteroatoms. The van der Waals surface area contributed by atoms with Crippen molar-refractivity contribution in [3.05, 3.63) is 53.1 Å². The minimum Gasteiger partial charge on any atom is -0.507 e. The summed E-state index contributed by atoms with van der Waals surface area (Å²) in [5, 5.41) is 22.6. The summed E-state index contributed by atoms with van der Waals surface area (Å²) in [5.74, 6) is -10.7. The lowest BCUT2D eigenvalue weighted by Gasteiger charge is -2.52. The minimum absolute atomic E-state index is 0.0127. The number of Topliss-reactive ketones (excluding diaryl/α,β-unsaturated/α-hetero) is 4. The summed E-state index contributed by atoms with van der Waals surface area (Å²) in [6.07, 6.45) is -0.164. The highest BCUT2D eigenvalue weighted by Gasteiger charge is 2.69. The van der Waals surface area contributed by atoms with Crippen molar-refractivity contribution in [2.45, 2.75) is 31.0 Å². The SMILES string of the molecule is COC(=O)N1CCN(Cc2ccc(-c3ccc(O)c4c3CC3CC5C(N(C)C)C(=O)C(C(N)=O)C(=O)C5(O)C(=O)C3C4=O)cc2)CC1. The van der Waals surface area contributed by atoms with Gasteiger partial charge in [0, 0.05) is 38.6 Å². The van der Waals surface area contributed by atoms with E-state index in [2.05, 4.69) is 4.90 Å². The van der Waals surface area contributed by atoms with Crippen LogP contribution in [0, 0.1) is 23.7 Å². The van der Waals surface area contributed by atoms with E-state index in [0.29, 0.717) is 43.9 Å². The van der Waals surface area contributed by atoms with Gasteiger partial charge in [-0.15, -0.1) is 0 Å². The van der Waals surface area contributed by atoms with Crippen molar-refractivity contribution in [2.75, 3.05) is 47.4 Å². The Morgan fingerprint density at radius 2 is 1.66 bits per heavy atom. The van der Waals surface area contributed by atoms with Gasteiger partial charge in [0.2, 0.25) is 5.91 Å². The fourth-order valence-electron chi connectivity index (χ4n) is 8.14. The number of amides is 2. The largest absolute Gasteiger partial charge is 0.507 e. The van der Waals surface area contributed by atoms with Crippen molar-refractivity contribution in [1.82, 2.24) is 14.7 Å². The number of fused-ring (bicyclic) bond motifs is 3. The molecule has 1 heterocycles. The third-order valence-electron chi connectivity index (χ3n) is 10.4. The third-order valence-corrected chi connectivity index (χ3v) is 10.4. The van der Waals surface area contributed by atoms with Crippen LogP contribution in [0.4, 0.5) is 4.79 Å². The van der Waals surface area contributed by atoms with Crippen molar-refractivity contribution in [2.24, 2.45) is 29.4 Å². The van der Waals surface area contributed by atoms with E-state index in [1.165, 1.54) is 18.1 Å². The van der Waals surface area contributed by atoms with Gasteiger partial charge in [-0.1, -0.05) is 30.3 Å². The zero-order valence-corrected chi connectivity index (χ0v) is 26.5. The summed E-state index contributed by atoms with van der Waals surface area (Å²) in [6.45, 7) is 3.24. The Kier molecular flexibility index (Phi) is 8.27. The predicted octanol–water partition coefficient (Wildman–Crippen LogP) is 0.418. The first-order chi connectivity index (χ1) is 22.3. The van der Waals surface area contributed by atoms with Gasteiger partial charge in [-0.2, -0.15) is 0 Å². The number of rotatable bonds is 5. The number of hydrogen-bond donors (Lipinski definition) is 3. The first kappa shape index (κ1) is 32.5. The van der Waals surface area contributed by atoms with Crippen LogP contribution in [0.1, 0.15) is 27.9 Å². The average Bonchev–Trinajstić information content (AvgIpc) is 3.03. The van der Waals surface area contributed by atoms with Gasteiger partial charge in [0.05, 0.1) is 24.6 Å². The lowest BCUT2D eigenvalue weighted by molar-refractivity contribution is -0.181. The van der Waals surface area contributed by atoms with Crippen LogP contribution in [0.3, 0.4) is 0 Å². The second-order valence-corrected chi connectivity index (χ2v) is 13.2. The summed E-state index contributed by atoms with van der Waals surface area (Å²) in [7, 11) is 4.47. The Labute approximate surface area is 271 Å². The molecule has 47 heavy (non-hydrogen) atoms. The molecule has 2 amide bonds. The number of phenols is 1. The molecule has 4 N–H and O–H groups in total. The minimum atomic E-state index is -2.76. The first-order valence-corrected chi connectivity index (χ1v) is 15.6. The van der Waals surface area contributed by atoms with Gasteiger partial charge >= 0.3 is 6.09 Å². The van der Waals surface area contributed by atoms with Gasteiger partial charge in [-0.3, -0.25) is 33.8 Å². The fraction of sp³-hybridized carbons (Fsp3) is 0.471. The summed E-state index contributed by atoms with van der Waals surface area (Å²) in [4.78, 5) is 84.2. The lowest BCUT2D eigenvalue weighted by Crippen LogP contribution is -2.74. The van der Waals surface area contributed by atoms with E-state index in [1.807, 2.05) is 24.3 Å². The number of carbonyl (C=O) groups is 6. The van der Waals surface area contributed by atoms with Crippen molar-refractivity contribution >= 4 is 35.1 Å². The second kappa shape index (κ2) is 12.0.